The molecule has 150 valence electrons. The molecule has 1 fully saturated rings. The first-order valence-corrected chi connectivity index (χ1v) is 9.60. The normalized spacial score (nSPS) is 17.9. The fraction of sp³-hybridized carbons (Fsp3) is 0.350. The van der Waals surface area contributed by atoms with Crippen LogP contribution in [0.4, 0.5) is 0 Å². The van der Waals surface area contributed by atoms with Crippen molar-refractivity contribution >= 4 is 5.91 Å². The number of carbonyl (C=O) groups is 1. The van der Waals surface area contributed by atoms with Gasteiger partial charge in [0.05, 0.1) is 12.8 Å². The summed E-state index contributed by atoms with van der Waals surface area (Å²) < 4.78 is 19.7. The van der Waals surface area contributed by atoms with Gasteiger partial charge in [-0.2, -0.15) is 0 Å². The van der Waals surface area contributed by atoms with Gasteiger partial charge >= 0.3 is 5.69 Å². The van der Waals surface area contributed by atoms with Gasteiger partial charge in [0.1, 0.15) is 6.61 Å². The van der Waals surface area contributed by atoms with Gasteiger partial charge < -0.3 is 19.2 Å². The highest BCUT2D eigenvalue weighted by atomic mass is 16.6. The van der Waals surface area contributed by atoms with Gasteiger partial charge in [-0.3, -0.25) is 9.36 Å². The maximum absolute atomic E-state index is 12.7. The molecule has 1 N–H and O–H groups in total. The summed E-state index contributed by atoms with van der Waals surface area (Å²) in [6, 6.07) is 10.9. The smallest absolute Gasteiger partial charge is 0.346 e. The predicted octanol–water partition coefficient (Wildman–Crippen LogP) is 1.60. The third kappa shape index (κ3) is 3.39. The van der Waals surface area contributed by atoms with E-state index in [1.807, 2.05) is 12.1 Å². The third-order valence-corrected chi connectivity index (χ3v) is 4.95. The molecule has 3 heterocycles. The summed E-state index contributed by atoms with van der Waals surface area (Å²) in [5, 5.41) is 7.21. The largest absolute Gasteiger partial charge is 0.485 e. The first kappa shape index (κ1) is 17.6. The summed E-state index contributed by atoms with van der Waals surface area (Å²) in [6.45, 7) is 0.642. The van der Waals surface area contributed by atoms with Crippen molar-refractivity contribution in [1.29, 1.82) is 0 Å². The molecule has 1 aromatic carbocycles. The molecular formula is C20H20N4O5. The first-order chi connectivity index (χ1) is 14.2. The van der Waals surface area contributed by atoms with Gasteiger partial charge in [0.2, 0.25) is 11.9 Å². The van der Waals surface area contributed by atoms with Crippen molar-refractivity contribution < 1.29 is 18.7 Å². The number of nitrogens with zero attached hydrogens (tertiary/aromatic N) is 3. The van der Waals surface area contributed by atoms with Gasteiger partial charge in [-0.15, -0.1) is 5.10 Å². The van der Waals surface area contributed by atoms with Gasteiger partial charge in [0.15, 0.2) is 17.3 Å². The Morgan fingerprint density at radius 1 is 1.17 bits per heavy atom. The lowest BCUT2D eigenvalue weighted by Crippen LogP contribution is -2.45. The molecule has 0 unspecified atom stereocenters. The molecule has 1 saturated carbocycles. The Bertz CT molecular complexity index is 1080. The summed E-state index contributed by atoms with van der Waals surface area (Å²) in [5.74, 6) is 1.96. The van der Waals surface area contributed by atoms with Crippen LogP contribution in [0, 0.1) is 0 Å². The molecular weight excluding hydrogens is 376 g/mol. The zero-order valence-electron chi connectivity index (χ0n) is 15.6. The minimum Gasteiger partial charge on any atom is -0.485 e. The van der Waals surface area contributed by atoms with Crippen LogP contribution in [0.2, 0.25) is 0 Å². The molecule has 2 aliphatic rings. The van der Waals surface area contributed by atoms with Gasteiger partial charge in [0, 0.05) is 12.6 Å². The van der Waals surface area contributed by atoms with Crippen LogP contribution in [0.3, 0.4) is 0 Å². The second-order valence-electron chi connectivity index (χ2n) is 7.06. The zero-order chi connectivity index (χ0) is 19.8. The number of aromatic nitrogens is 3. The van der Waals surface area contributed by atoms with Crippen molar-refractivity contribution in [1.82, 2.24) is 19.7 Å². The van der Waals surface area contributed by atoms with E-state index in [4.69, 9.17) is 13.9 Å². The number of nitrogens with one attached hydrogen (secondary N) is 1. The molecule has 1 amide bonds. The van der Waals surface area contributed by atoms with Crippen molar-refractivity contribution in [2.24, 2.45) is 0 Å². The summed E-state index contributed by atoms with van der Waals surface area (Å²) in [6.07, 6.45) is 2.73. The van der Waals surface area contributed by atoms with E-state index >= 15 is 0 Å². The molecule has 5 rings (SSSR count). The van der Waals surface area contributed by atoms with Crippen LogP contribution in [0.15, 0.2) is 51.9 Å². The Labute approximate surface area is 165 Å². The molecule has 9 nitrogen and oxygen atoms in total. The SMILES string of the molecule is O=C(NCCn1nc(-c2ccco2)n(C2CC2)c1=O)[C@H]1COc2ccccc2O1. The van der Waals surface area contributed by atoms with E-state index in [1.54, 1.807) is 35.1 Å². The van der Waals surface area contributed by atoms with E-state index in [-0.39, 0.29) is 37.3 Å². The van der Waals surface area contributed by atoms with Crippen LogP contribution < -0.4 is 20.5 Å². The molecule has 9 heteroatoms. The number of benzene rings is 1. The lowest BCUT2D eigenvalue weighted by atomic mass is 10.2. The number of ether oxygens (including phenoxy) is 2. The van der Waals surface area contributed by atoms with Crippen molar-refractivity contribution in [3.63, 3.8) is 0 Å². The number of carbonyl (C=O) groups excluding carboxylic acids is 1. The third-order valence-electron chi connectivity index (χ3n) is 4.95. The highest BCUT2D eigenvalue weighted by molar-refractivity contribution is 5.81. The van der Waals surface area contributed by atoms with E-state index in [9.17, 15) is 9.59 Å². The summed E-state index contributed by atoms with van der Waals surface area (Å²) in [4.78, 5) is 25.2. The minimum absolute atomic E-state index is 0.141. The molecule has 2 aromatic heterocycles. The summed E-state index contributed by atoms with van der Waals surface area (Å²) >= 11 is 0. The molecule has 1 atom stereocenters. The van der Waals surface area contributed by atoms with Crippen LogP contribution in [-0.2, 0) is 11.3 Å². The predicted molar refractivity (Wildman–Crippen MR) is 102 cm³/mol. The number of fused-ring (bicyclic) bond motifs is 1. The molecule has 3 aromatic rings. The van der Waals surface area contributed by atoms with Crippen molar-refractivity contribution in [2.45, 2.75) is 31.5 Å². The number of hydrogen-bond acceptors (Lipinski definition) is 6. The topological polar surface area (TPSA) is 101 Å². The molecule has 0 radical (unpaired) electrons. The highest BCUT2D eigenvalue weighted by Crippen LogP contribution is 2.36. The molecule has 0 saturated heterocycles. The minimum atomic E-state index is -0.732. The van der Waals surface area contributed by atoms with Crippen molar-refractivity contribution in [3.8, 4) is 23.1 Å². The molecule has 1 aliphatic heterocycles. The fourth-order valence-electron chi connectivity index (χ4n) is 3.35. The average Bonchev–Trinajstić information content (AvgIpc) is 3.32. The average molecular weight is 396 g/mol. The number of furan rings is 1. The molecule has 0 spiro atoms. The maximum atomic E-state index is 12.7. The van der Waals surface area contributed by atoms with E-state index in [0.717, 1.165) is 12.8 Å². The van der Waals surface area contributed by atoms with Crippen LogP contribution >= 0.6 is 0 Å². The van der Waals surface area contributed by atoms with Crippen LogP contribution in [0.5, 0.6) is 11.5 Å². The van der Waals surface area contributed by atoms with Crippen LogP contribution in [0.25, 0.3) is 11.6 Å². The lowest BCUT2D eigenvalue weighted by molar-refractivity contribution is -0.130. The standard InChI is InChI=1S/C20H20N4O5/c25-19(17-12-28-14-4-1-2-5-15(14)29-17)21-9-10-23-20(26)24(13-7-8-13)18(22-23)16-6-3-11-27-16/h1-6,11,13,17H,7-10,12H2,(H,21,25)/t17-/m1/s1. The summed E-state index contributed by atoms with van der Waals surface area (Å²) in [7, 11) is 0. The van der Waals surface area contributed by atoms with Crippen molar-refractivity contribution in [3.05, 3.63) is 53.1 Å². The van der Waals surface area contributed by atoms with E-state index in [2.05, 4.69) is 10.4 Å². The van der Waals surface area contributed by atoms with Gasteiger partial charge in [-0.1, -0.05) is 12.1 Å². The Hall–Kier alpha value is -3.49. The maximum Gasteiger partial charge on any atom is 0.346 e. The summed E-state index contributed by atoms with van der Waals surface area (Å²) in [5.41, 5.74) is -0.195. The Kier molecular flexibility index (Phi) is 4.34. The number of hydrogen-bond donors (Lipinski definition) is 1. The number of amides is 1. The zero-order valence-corrected chi connectivity index (χ0v) is 15.6. The van der Waals surface area contributed by atoms with Gasteiger partial charge in [0.25, 0.3) is 5.91 Å². The first-order valence-electron chi connectivity index (χ1n) is 9.60. The quantitative estimate of drug-likeness (QED) is 0.679. The lowest BCUT2D eigenvalue weighted by Gasteiger charge is -2.25. The van der Waals surface area contributed by atoms with E-state index < -0.39 is 6.10 Å². The Morgan fingerprint density at radius 2 is 2.00 bits per heavy atom. The van der Waals surface area contributed by atoms with Gasteiger partial charge in [-0.05, 0) is 37.1 Å². The van der Waals surface area contributed by atoms with Gasteiger partial charge in [-0.25, -0.2) is 9.48 Å². The van der Waals surface area contributed by atoms with E-state index in [1.165, 1.54) is 4.68 Å². The highest BCUT2D eigenvalue weighted by Gasteiger charge is 2.31. The molecule has 0 bridgehead atoms. The number of rotatable bonds is 6. The van der Waals surface area contributed by atoms with Crippen molar-refractivity contribution in [2.75, 3.05) is 13.2 Å². The van der Waals surface area contributed by atoms with E-state index in [0.29, 0.717) is 23.1 Å². The molecule has 1 aliphatic carbocycles. The Balaban J connectivity index is 1.24. The fourth-order valence-corrected chi connectivity index (χ4v) is 3.35. The van der Waals surface area contributed by atoms with Crippen LogP contribution in [0.1, 0.15) is 18.9 Å². The molecule has 29 heavy (non-hydrogen) atoms. The second-order valence-corrected chi connectivity index (χ2v) is 7.06. The Morgan fingerprint density at radius 3 is 2.76 bits per heavy atom. The second kappa shape index (κ2) is 7.16. The van der Waals surface area contributed by atoms with Crippen LogP contribution in [-0.4, -0.2) is 39.5 Å². The number of para-hydroxylation sites is 2. The monoisotopic (exact) mass is 396 g/mol.